The number of allylic oxidation sites excluding steroid dienone is 4. The van der Waals surface area contributed by atoms with Crippen LogP contribution in [-0.2, 0) is 27.4 Å². The molecule has 0 saturated carbocycles. The van der Waals surface area contributed by atoms with Gasteiger partial charge in [-0.1, -0.05) is 24.3 Å². The Morgan fingerprint density at radius 1 is 0.371 bits per heavy atom. The maximum atomic E-state index is 10.4. The number of rotatable bonds is 0. The van der Waals surface area contributed by atoms with Crippen LogP contribution in [-0.4, -0.2) is 58.7 Å². The van der Waals surface area contributed by atoms with Crippen LogP contribution in [0, 0.1) is 0 Å². The van der Waals surface area contributed by atoms with Crippen LogP contribution in [0.3, 0.4) is 0 Å². The summed E-state index contributed by atoms with van der Waals surface area (Å²) in [6, 6.07) is 0. The van der Waals surface area contributed by atoms with Gasteiger partial charge in [0, 0.05) is 0 Å². The third kappa shape index (κ3) is 1410. The first-order valence-electron chi connectivity index (χ1n) is 6.33. The molecule has 0 aromatic rings. The highest BCUT2D eigenvalue weighted by atomic mass is 31.2. The average Bonchev–Trinajstić information content (AvgIpc) is 2.81. The third-order valence-electron chi connectivity index (χ3n) is 0.655. The summed E-state index contributed by atoms with van der Waals surface area (Å²) in [6.07, 6.45) is 9.50. The molecule has 0 heterocycles. The topological polar surface area (TPSA) is 345 Å². The van der Waals surface area contributed by atoms with Crippen molar-refractivity contribution < 1.29 is 111 Å². The Balaban J connectivity index is -0.0000000701. The number of hydrogen-bond donors (Lipinski definition) is 12. The standard InChI is InChI=1S/C5H6.6FH2O3P/c1-2-4-5-3-1;6*1-5(2,3)4/h1-4H,5H2;6*(H2,2,3,4). The number of hydrogen-bond acceptors (Lipinski definition) is 6. The SMILES string of the molecule is C1=CCC=C1.O=P(O)(O)F.O=P(O)(O)F.O=P(O)(O)F.O=P(O)(O)F.O=P(O)(O)F.O=P(O)(O)F. The van der Waals surface area contributed by atoms with Crippen LogP contribution in [0.15, 0.2) is 24.3 Å². The van der Waals surface area contributed by atoms with Crippen molar-refractivity contribution in [2.75, 3.05) is 0 Å². The molecule has 0 atom stereocenters. The lowest BCUT2D eigenvalue weighted by Gasteiger charge is -1.78. The van der Waals surface area contributed by atoms with Gasteiger partial charge < -0.3 is 0 Å². The van der Waals surface area contributed by atoms with Crippen molar-refractivity contribution in [3.8, 4) is 0 Å². The van der Waals surface area contributed by atoms with Crippen molar-refractivity contribution in [1.82, 2.24) is 0 Å². The normalized spacial score (nSPS) is 12.6. The Bertz CT molecular complexity index is 640. The van der Waals surface area contributed by atoms with E-state index in [1.807, 2.05) is 0 Å². The molecule has 0 unspecified atom stereocenters. The fraction of sp³-hybridized carbons (Fsp3) is 0.200. The van der Waals surface area contributed by atoms with Crippen molar-refractivity contribution in [3.05, 3.63) is 24.3 Å². The van der Waals surface area contributed by atoms with Crippen molar-refractivity contribution >= 4 is 47.4 Å². The highest BCUT2D eigenvalue weighted by Crippen LogP contribution is 2.37. The molecule has 35 heavy (non-hydrogen) atoms. The lowest BCUT2D eigenvalue weighted by Crippen LogP contribution is -1.56. The Labute approximate surface area is 190 Å². The summed E-state index contributed by atoms with van der Waals surface area (Å²) >= 11 is 0. The van der Waals surface area contributed by atoms with E-state index in [4.69, 9.17) is 86.1 Å². The van der Waals surface area contributed by atoms with Gasteiger partial charge in [0.1, 0.15) is 0 Å². The molecule has 12 N–H and O–H groups in total. The molecule has 1 aliphatic rings. The van der Waals surface area contributed by atoms with Crippen molar-refractivity contribution in [1.29, 1.82) is 0 Å². The van der Waals surface area contributed by atoms with E-state index in [-0.39, 0.29) is 0 Å². The van der Waals surface area contributed by atoms with Gasteiger partial charge in [-0.05, 0) is 6.42 Å². The molecule has 0 aromatic heterocycles. The van der Waals surface area contributed by atoms with E-state index >= 15 is 0 Å². The van der Waals surface area contributed by atoms with E-state index in [0.717, 1.165) is 6.42 Å². The molecule has 0 bridgehead atoms. The quantitative estimate of drug-likeness (QED) is 0.129. The summed E-state index contributed by atoms with van der Waals surface area (Å²) in [6.45, 7) is 0. The summed E-state index contributed by atoms with van der Waals surface area (Å²) in [5.74, 6) is 0. The summed E-state index contributed by atoms with van der Waals surface area (Å²) in [7, 11) is -30.8. The Kier molecular flexibility index (Phi) is 30.2. The van der Waals surface area contributed by atoms with E-state index in [2.05, 4.69) is 24.3 Å². The van der Waals surface area contributed by atoms with Crippen LogP contribution < -0.4 is 0 Å². The zero-order valence-electron chi connectivity index (χ0n) is 15.8. The largest absolute Gasteiger partial charge is 0.507 e. The molecule has 0 saturated heterocycles. The van der Waals surface area contributed by atoms with Crippen molar-refractivity contribution in [2.45, 2.75) is 6.42 Å². The highest BCUT2D eigenvalue weighted by Gasteiger charge is 2.06. The molecule has 218 valence electrons. The lowest BCUT2D eigenvalue weighted by atomic mass is 10.5. The second kappa shape index (κ2) is 22.0. The van der Waals surface area contributed by atoms with Gasteiger partial charge in [0.25, 0.3) is 0 Å². The van der Waals surface area contributed by atoms with Gasteiger partial charge in [0.2, 0.25) is 0 Å². The first kappa shape index (κ1) is 48.1. The van der Waals surface area contributed by atoms with Gasteiger partial charge in [0.15, 0.2) is 0 Å². The van der Waals surface area contributed by atoms with Gasteiger partial charge in [-0.25, -0.2) is 27.4 Å². The molecule has 0 radical (unpaired) electrons. The molecule has 0 aromatic carbocycles. The third-order valence-corrected chi connectivity index (χ3v) is 0.655. The maximum absolute atomic E-state index is 10.4. The Morgan fingerprint density at radius 2 is 0.457 bits per heavy atom. The van der Waals surface area contributed by atoms with Crippen LogP contribution in [0.2, 0.25) is 0 Å². The van der Waals surface area contributed by atoms with Gasteiger partial charge in [0.05, 0.1) is 0 Å². The average molecular weight is 666 g/mol. The summed E-state index contributed by atoms with van der Waals surface area (Å²) < 4.78 is 114. The van der Waals surface area contributed by atoms with Crippen molar-refractivity contribution in [2.24, 2.45) is 0 Å². The van der Waals surface area contributed by atoms with E-state index in [9.17, 15) is 25.2 Å². The fourth-order valence-corrected chi connectivity index (χ4v) is 0.393. The first-order valence-corrected chi connectivity index (χ1v) is 15.3. The lowest BCUT2D eigenvalue weighted by molar-refractivity contribution is 0.320. The zero-order chi connectivity index (χ0) is 30.5. The van der Waals surface area contributed by atoms with Gasteiger partial charge in [-0.2, -0.15) is 0 Å². The summed E-state index contributed by atoms with van der Waals surface area (Å²) in [5.41, 5.74) is 0. The molecule has 1 rings (SSSR count). The molecule has 0 spiro atoms. The van der Waals surface area contributed by atoms with Crippen LogP contribution in [0.5, 0.6) is 0 Å². The van der Waals surface area contributed by atoms with Gasteiger partial charge in [-0.15, -0.1) is 25.2 Å². The highest BCUT2D eigenvalue weighted by molar-refractivity contribution is 7.46. The van der Waals surface area contributed by atoms with Crippen molar-refractivity contribution in [3.63, 3.8) is 0 Å². The first-order chi connectivity index (χ1) is 14.5. The predicted molar refractivity (Wildman–Crippen MR) is 102 cm³/mol. The van der Waals surface area contributed by atoms with E-state index in [0.29, 0.717) is 0 Å². The molecule has 1 aliphatic carbocycles. The molecular weight excluding hydrogens is 648 g/mol. The smallest absolute Gasteiger partial charge is 0.299 e. The second-order valence-corrected chi connectivity index (χ2v) is 9.60. The van der Waals surface area contributed by atoms with E-state index in [1.54, 1.807) is 0 Å². The monoisotopic (exact) mass is 666 g/mol. The molecule has 18 nitrogen and oxygen atoms in total. The minimum Gasteiger partial charge on any atom is -0.299 e. The van der Waals surface area contributed by atoms with Crippen LogP contribution >= 0.6 is 47.4 Å². The summed E-state index contributed by atoms with van der Waals surface area (Å²) in [4.78, 5) is 83.6. The van der Waals surface area contributed by atoms with Gasteiger partial charge >= 0.3 is 47.4 Å². The minimum absolute atomic E-state index is 1.14. The van der Waals surface area contributed by atoms with Crippen LogP contribution in [0.1, 0.15) is 6.42 Å². The van der Waals surface area contributed by atoms with E-state index in [1.165, 1.54) is 0 Å². The molecule has 0 aliphatic heterocycles. The number of halogens is 6. The zero-order valence-corrected chi connectivity index (χ0v) is 21.2. The molecular formula is C5H18F6O18P6. The second-order valence-electron chi connectivity index (χ2n) is 3.93. The fourth-order valence-electron chi connectivity index (χ4n) is 0.393. The van der Waals surface area contributed by atoms with Gasteiger partial charge in [-0.3, -0.25) is 58.7 Å². The van der Waals surface area contributed by atoms with Crippen LogP contribution in [0.25, 0.3) is 0 Å². The Hall–Kier alpha value is -0.0400. The molecule has 0 amide bonds. The van der Waals surface area contributed by atoms with E-state index < -0.39 is 47.4 Å². The molecule has 0 fully saturated rings. The minimum atomic E-state index is -5.14. The molecule has 30 heteroatoms. The van der Waals surface area contributed by atoms with Crippen LogP contribution in [0.4, 0.5) is 25.2 Å². The predicted octanol–water partition coefficient (Wildman–Crippen LogP) is 1.79. The maximum Gasteiger partial charge on any atom is 0.507 e. The summed E-state index contributed by atoms with van der Waals surface area (Å²) in [5, 5.41) is 0. The Morgan fingerprint density at radius 3 is 0.486 bits per heavy atom.